The normalized spacial score (nSPS) is 18.3. The van der Waals surface area contributed by atoms with Gasteiger partial charge in [0.05, 0.1) is 18.7 Å². The molecule has 0 aromatic carbocycles. The van der Waals surface area contributed by atoms with E-state index in [2.05, 4.69) is 4.98 Å². The molecule has 2 rings (SSSR count). The number of nitrogens with zero attached hydrogens (tertiary/aromatic N) is 2. The van der Waals surface area contributed by atoms with E-state index in [1.165, 1.54) is 0 Å². The lowest BCUT2D eigenvalue weighted by Gasteiger charge is -2.34. The number of aryl methyl sites for hydroxylation is 2. The van der Waals surface area contributed by atoms with Crippen LogP contribution >= 0.6 is 0 Å². The predicted molar refractivity (Wildman–Crippen MR) is 80.5 cm³/mol. The molecule has 22 heavy (non-hydrogen) atoms. The van der Waals surface area contributed by atoms with Gasteiger partial charge in [0, 0.05) is 19.0 Å². The maximum atomic E-state index is 12.7. The molecule has 6 heteroatoms. The summed E-state index contributed by atoms with van der Waals surface area (Å²) in [6, 6.07) is -0.116. The van der Waals surface area contributed by atoms with E-state index in [-0.39, 0.29) is 24.3 Å². The number of amides is 1. The summed E-state index contributed by atoms with van der Waals surface area (Å²) in [5, 5.41) is 0. The van der Waals surface area contributed by atoms with Crippen LogP contribution < -0.4 is 0 Å². The molecular formula is C16H24N2O4. The minimum atomic E-state index is -0.254. The lowest BCUT2D eigenvalue weighted by molar-refractivity contribution is -0.144. The van der Waals surface area contributed by atoms with Crippen LogP contribution in [0.15, 0.2) is 4.42 Å². The summed E-state index contributed by atoms with van der Waals surface area (Å²) < 4.78 is 10.6. The lowest BCUT2D eigenvalue weighted by Crippen LogP contribution is -2.45. The van der Waals surface area contributed by atoms with Gasteiger partial charge in [-0.15, -0.1) is 0 Å². The number of likely N-dealkylation sites (tertiary alicyclic amines) is 1. The molecule has 1 fully saturated rings. The third-order valence-electron chi connectivity index (χ3n) is 3.93. The maximum absolute atomic E-state index is 12.7. The second kappa shape index (κ2) is 7.42. The van der Waals surface area contributed by atoms with Crippen molar-refractivity contribution in [2.45, 2.75) is 58.9 Å². The number of aromatic nitrogens is 1. The molecule has 0 N–H and O–H groups in total. The molecule has 0 bridgehead atoms. The molecule has 1 aromatic rings. The van der Waals surface area contributed by atoms with E-state index in [9.17, 15) is 9.59 Å². The quantitative estimate of drug-likeness (QED) is 0.781. The summed E-state index contributed by atoms with van der Waals surface area (Å²) in [5.74, 6) is 0.446. The van der Waals surface area contributed by atoms with Crippen LogP contribution in [0.2, 0.25) is 0 Å². The van der Waals surface area contributed by atoms with E-state index in [0.29, 0.717) is 36.9 Å². The van der Waals surface area contributed by atoms with Crippen molar-refractivity contribution in [1.82, 2.24) is 9.88 Å². The van der Waals surface area contributed by atoms with Crippen molar-refractivity contribution in [3.05, 3.63) is 17.3 Å². The Kier molecular flexibility index (Phi) is 5.57. The number of piperidine rings is 1. The third kappa shape index (κ3) is 3.67. The molecule has 1 aliphatic rings. The fraction of sp³-hybridized carbons (Fsp3) is 0.688. The first kappa shape index (κ1) is 16.5. The van der Waals surface area contributed by atoms with Crippen LogP contribution in [0.3, 0.4) is 0 Å². The third-order valence-corrected chi connectivity index (χ3v) is 3.93. The van der Waals surface area contributed by atoms with Crippen LogP contribution in [-0.2, 0) is 16.0 Å². The van der Waals surface area contributed by atoms with E-state index in [1.54, 1.807) is 18.7 Å². The summed E-state index contributed by atoms with van der Waals surface area (Å²) >= 11 is 0. The predicted octanol–water partition coefficient (Wildman–Crippen LogP) is 2.49. The molecule has 6 nitrogen and oxygen atoms in total. The maximum Gasteiger partial charge on any atom is 0.307 e. The smallest absolute Gasteiger partial charge is 0.307 e. The number of hydrogen-bond donors (Lipinski definition) is 0. The van der Waals surface area contributed by atoms with Crippen LogP contribution in [0.5, 0.6) is 0 Å². The standard InChI is InChI=1S/C16H24N2O4/c1-4-13-17-11(3)15(22-13)16(20)18-9-7-6-8-12(18)10-14(19)21-5-2/h12H,4-10H2,1-3H3. The van der Waals surface area contributed by atoms with Crippen molar-refractivity contribution in [3.8, 4) is 0 Å². The first-order valence-corrected chi connectivity index (χ1v) is 7.99. The van der Waals surface area contributed by atoms with Crippen molar-refractivity contribution in [2.24, 2.45) is 0 Å². The number of hydrogen-bond acceptors (Lipinski definition) is 5. The van der Waals surface area contributed by atoms with Crippen molar-refractivity contribution in [2.75, 3.05) is 13.2 Å². The topological polar surface area (TPSA) is 72.6 Å². The summed E-state index contributed by atoms with van der Waals surface area (Å²) in [7, 11) is 0. The van der Waals surface area contributed by atoms with Gasteiger partial charge in [-0.25, -0.2) is 4.98 Å². The zero-order valence-corrected chi connectivity index (χ0v) is 13.6. The molecule has 2 heterocycles. The van der Waals surface area contributed by atoms with Gasteiger partial charge in [-0.3, -0.25) is 9.59 Å². The van der Waals surface area contributed by atoms with Gasteiger partial charge in [-0.05, 0) is 33.1 Å². The SMILES string of the molecule is CCOC(=O)CC1CCCCN1C(=O)c1oc(CC)nc1C. The first-order valence-electron chi connectivity index (χ1n) is 7.99. The second-order valence-corrected chi connectivity index (χ2v) is 5.53. The molecule has 1 aliphatic heterocycles. The van der Waals surface area contributed by atoms with Gasteiger partial charge in [0.15, 0.2) is 5.89 Å². The number of oxazole rings is 1. The largest absolute Gasteiger partial charge is 0.466 e. The highest BCUT2D eigenvalue weighted by Gasteiger charge is 2.32. The molecule has 0 radical (unpaired) electrons. The molecule has 1 unspecified atom stereocenters. The number of carbonyl (C=O) groups excluding carboxylic acids is 2. The highest BCUT2D eigenvalue weighted by Crippen LogP contribution is 2.24. The van der Waals surface area contributed by atoms with Crippen molar-refractivity contribution >= 4 is 11.9 Å². The Morgan fingerprint density at radius 1 is 1.36 bits per heavy atom. The summed E-state index contributed by atoms with van der Waals surface area (Å²) in [5.41, 5.74) is 0.613. The van der Waals surface area contributed by atoms with E-state index >= 15 is 0 Å². The fourth-order valence-corrected chi connectivity index (χ4v) is 2.82. The average Bonchev–Trinajstić information content (AvgIpc) is 2.88. The number of rotatable bonds is 5. The Morgan fingerprint density at radius 2 is 2.14 bits per heavy atom. The number of carbonyl (C=O) groups is 2. The van der Waals surface area contributed by atoms with Gasteiger partial charge in [0.2, 0.25) is 5.76 Å². The van der Waals surface area contributed by atoms with Crippen LogP contribution in [0.1, 0.15) is 61.7 Å². The van der Waals surface area contributed by atoms with Gasteiger partial charge < -0.3 is 14.1 Å². The summed E-state index contributed by atoms with van der Waals surface area (Å²) in [6.07, 6.45) is 3.68. The molecule has 0 spiro atoms. The lowest BCUT2D eigenvalue weighted by atomic mass is 9.99. The highest BCUT2D eigenvalue weighted by molar-refractivity contribution is 5.93. The molecular weight excluding hydrogens is 284 g/mol. The Morgan fingerprint density at radius 3 is 2.77 bits per heavy atom. The molecule has 1 atom stereocenters. The second-order valence-electron chi connectivity index (χ2n) is 5.53. The first-order chi connectivity index (χ1) is 10.6. The summed E-state index contributed by atoms with van der Waals surface area (Å²) in [4.78, 5) is 30.5. The van der Waals surface area contributed by atoms with Gasteiger partial charge in [-0.2, -0.15) is 0 Å². The monoisotopic (exact) mass is 308 g/mol. The molecule has 1 saturated heterocycles. The zero-order chi connectivity index (χ0) is 16.1. The van der Waals surface area contributed by atoms with Crippen LogP contribution in [0, 0.1) is 6.92 Å². The minimum Gasteiger partial charge on any atom is -0.466 e. The van der Waals surface area contributed by atoms with Crippen LogP contribution in [0.4, 0.5) is 0 Å². The molecule has 122 valence electrons. The molecule has 0 aliphatic carbocycles. The van der Waals surface area contributed by atoms with Gasteiger partial charge in [0.1, 0.15) is 0 Å². The van der Waals surface area contributed by atoms with Gasteiger partial charge in [-0.1, -0.05) is 6.92 Å². The number of esters is 1. The zero-order valence-electron chi connectivity index (χ0n) is 13.6. The van der Waals surface area contributed by atoms with Crippen LogP contribution in [0.25, 0.3) is 0 Å². The van der Waals surface area contributed by atoms with Crippen LogP contribution in [-0.4, -0.2) is 41.0 Å². The Bertz CT molecular complexity index is 538. The van der Waals surface area contributed by atoms with E-state index in [4.69, 9.17) is 9.15 Å². The fourth-order valence-electron chi connectivity index (χ4n) is 2.82. The van der Waals surface area contributed by atoms with E-state index in [0.717, 1.165) is 19.3 Å². The summed E-state index contributed by atoms with van der Waals surface area (Å²) in [6.45, 7) is 6.50. The van der Waals surface area contributed by atoms with Crippen molar-refractivity contribution < 1.29 is 18.7 Å². The van der Waals surface area contributed by atoms with Crippen molar-refractivity contribution in [3.63, 3.8) is 0 Å². The highest BCUT2D eigenvalue weighted by atomic mass is 16.5. The number of ether oxygens (including phenoxy) is 1. The molecule has 0 saturated carbocycles. The Labute approximate surface area is 130 Å². The Hall–Kier alpha value is -1.85. The van der Waals surface area contributed by atoms with E-state index < -0.39 is 0 Å². The van der Waals surface area contributed by atoms with Gasteiger partial charge >= 0.3 is 5.97 Å². The Balaban J connectivity index is 2.13. The molecule has 1 aromatic heterocycles. The van der Waals surface area contributed by atoms with Gasteiger partial charge in [0.25, 0.3) is 5.91 Å². The molecule has 1 amide bonds. The van der Waals surface area contributed by atoms with Crippen molar-refractivity contribution in [1.29, 1.82) is 0 Å². The minimum absolute atomic E-state index is 0.116. The average molecular weight is 308 g/mol. The van der Waals surface area contributed by atoms with E-state index in [1.807, 2.05) is 6.92 Å².